The van der Waals surface area contributed by atoms with E-state index < -0.39 is 0 Å². The zero-order chi connectivity index (χ0) is 23.5. The summed E-state index contributed by atoms with van der Waals surface area (Å²) in [4.78, 5) is 13.0. The van der Waals surface area contributed by atoms with Crippen LogP contribution in [0.2, 0.25) is 0 Å². The molecular weight excluding hydrogens is 439 g/mol. The van der Waals surface area contributed by atoms with E-state index >= 15 is 0 Å². The van der Waals surface area contributed by atoms with Gasteiger partial charge in [0, 0.05) is 34.3 Å². The number of hydrogen-bond donors (Lipinski definition) is 1. The fraction of sp³-hybridized carbons (Fsp3) is 0.125. The average Bonchev–Trinajstić information content (AvgIpc) is 3.28. The minimum atomic E-state index is -0.297. The molecule has 4 rings (SSSR count). The van der Waals surface area contributed by atoms with Crippen molar-refractivity contribution in [2.75, 3.05) is 5.73 Å². The molecule has 0 saturated heterocycles. The fourth-order valence-corrected chi connectivity index (χ4v) is 4.10. The first-order chi connectivity index (χ1) is 15.9. The molecule has 3 aromatic heterocycles. The Morgan fingerprint density at radius 1 is 1.06 bits per heavy atom. The molecule has 162 valence electrons. The summed E-state index contributed by atoms with van der Waals surface area (Å²) in [7, 11) is 0. The number of nitrogen functional groups attached to an aromatic ring is 1. The molecule has 4 aromatic rings. The number of nitrogens with two attached hydrogens (primary N) is 1. The number of halogens is 1. The van der Waals surface area contributed by atoms with E-state index in [0.29, 0.717) is 44.6 Å². The standard InChI is InChI=1S/C24H17FN6OS/c1-13-7-15(5-6-20(13)25)23-30-17(11-32-23)12-33-24-19(9-27)21(18(8-26)22(28)31-24)16-4-3-14(2)29-10-16/h3-7,10-11H,12H2,1-2H3,(H2,28,31). The van der Waals surface area contributed by atoms with Crippen molar-refractivity contribution in [1.29, 1.82) is 10.5 Å². The summed E-state index contributed by atoms with van der Waals surface area (Å²) < 4.78 is 19.1. The Morgan fingerprint density at radius 3 is 2.48 bits per heavy atom. The van der Waals surface area contributed by atoms with Crippen LogP contribution in [0, 0.1) is 42.3 Å². The van der Waals surface area contributed by atoms with Gasteiger partial charge >= 0.3 is 0 Å². The van der Waals surface area contributed by atoms with E-state index in [0.717, 1.165) is 5.69 Å². The van der Waals surface area contributed by atoms with Crippen LogP contribution in [0.1, 0.15) is 28.1 Å². The van der Waals surface area contributed by atoms with Gasteiger partial charge in [0.05, 0.1) is 11.3 Å². The number of nitrogens with zero attached hydrogens (tertiary/aromatic N) is 5. The molecule has 0 spiro atoms. The number of anilines is 1. The number of pyridine rings is 2. The van der Waals surface area contributed by atoms with Crippen LogP contribution >= 0.6 is 11.8 Å². The lowest BCUT2D eigenvalue weighted by Gasteiger charge is -2.12. The molecule has 0 unspecified atom stereocenters. The molecule has 0 amide bonds. The van der Waals surface area contributed by atoms with Crippen LogP contribution in [0.15, 0.2) is 52.2 Å². The molecular formula is C24H17FN6OS. The Bertz CT molecular complexity index is 1430. The van der Waals surface area contributed by atoms with Gasteiger partial charge in [-0.1, -0.05) is 17.8 Å². The van der Waals surface area contributed by atoms with Crippen molar-refractivity contribution < 1.29 is 8.81 Å². The van der Waals surface area contributed by atoms with Gasteiger partial charge in [-0.25, -0.2) is 14.4 Å². The molecule has 0 aliphatic heterocycles. The maximum absolute atomic E-state index is 13.5. The van der Waals surface area contributed by atoms with Crippen LogP contribution < -0.4 is 5.73 Å². The molecule has 0 radical (unpaired) electrons. The first kappa shape index (κ1) is 22.0. The molecule has 3 heterocycles. The quantitative estimate of drug-likeness (QED) is 0.408. The number of aryl methyl sites for hydroxylation is 2. The first-order valence-electron chi connectivity index (χ1n) is 9.81. The van der Waals surface area contributed by atoms with Crippen LogP contribution in [0.25, 0.3) is 22.6 Å². The molecule has 33 heavy (non-hydrogen) atoms. The van der Waals surface area contributed by atoms with Crippen molar-refractivity contribution in [2.45, 2.75) is 24.6 Å². The normalized spacial score (nSPS) is 10.6. The predicted octanol–water partition coefficient (Wildman–Crippen LogP) is 5.17. The lowest BCUT2D eigenvalue weighted by Crippen LogP contribution is -2.03. The summed E-state index contributed by atoms with van der Waals surface area (Å²) in [5.41, 5.74) is 10.0. The van der Waals surface area contributed by atoms with Gasteiger partial charge in [0.2, 0.25) is 5.89 Å². The number of oxazole rings is 1. The third-order valence-corrected chi connectivity index (χ3v) is 5.94. The second-order valence-electron chi connectivity index (χ2n) is 7.24. The highest BCUT2D eigenvalue weighted by molar-refractivity contribution is 7.98. The zero-order valence-corrected chi connectivity index (χ0v) is 18.6. The number of thioether (sulfide) groups is 1. The van der Waals surface area contributed by atoms with Crippen LogP contribution in [0.3, 0.4) is 0 Å². The van der Waals surface area contributed by atoms with Gasteiger partial charge in [0.1, 0.15) is 40.6 Å². The number of aromatic nitrogens is 3. The minimum Gasteiger partial charge on any atom is -0.444 e. The SMILES string of the molecule is Cc1ccc(-c2c(C#N)c(N)nc(SCc3coc(-c4ccc(F)c(C)c4)n3)c2C#N)cn1. The fourth-order valence-electron chi connectivity index (χ4n) is 3.23. The van der Waals surface area contributed by atoms with Crippen LogP contribution in [-0.4, -0.2) is 15.0 Å². The minimum absolute atomic E-state index is 0.0391. The largest absolute Gasteiger partial charge is 0.444 e. The third-order valence-electron chi connectivity index (χ3n) is 4.93. The average molecular weight is 457 g/mol. The molecule has 0 saturated carbocycles. The molecule has 0 aliphatic carbocycles. The van der Waals surface area contributed by atoms with Gasteiger partial charge < -0.3 is 10.2 Å². The summed E-state index contributed by atoms with van der Waals surface area (Å²) in [5.74, 6) is 0.460. The molecule has 0 bridgehead atoms. The third kappa shape index (κ3) is 4.40. The Hall–Kier alpha value is -4.21. The van der Waals surface area contributed by atoms with E-state index in [9.17, 15) is 14.9 Å². The van der Waals surface area contributed by atoms with Crippen LogP contribution in [0.4, 0.5) is 10.2 Å². The van der Waals surface area contributed by atoms with E-state index in [1.165, 1.54) is 24.1 Å². The van der Waals surface area contributed by atoms with E-state index in [4.69, 9.17) is 10.2 Å². The molecule has 2 N–H and O–H groups in total. The van der Waals surface area contributed by atoms with Crippen LogP contribution in [0.5, 0.6) is 0 Å². The maximum Gasteiger partial charge on any atom is 0.226 e. The van der Waals surface area contributed by atoms with Gasteiger partial charge in [-0.05, 0) is 43.7 Å². The molecule has 0 aliphatic rings. The smallest absolute Gasteiger partial charge is 0.226 e. The maximum atomic E-state index is 13.5. The van der Waals surface area contributed by atoms with Crippen molar-refractivity contribution in [2.24, 2.45) is 0 Å². The second kappa shape index (κ2) is 9.11. The number of hydrogen-bond acceptors (Lipinski definition) is 8. The molecule has 7 nitrogen and oxygen atoms in total. The van der Waals surface area contributed by atoms with Crippen molar-refractivity contribution in [3.63, 3.8) is 0 Å². The van der Waals surface area contributed by atoms with Crippen molar-refractivity contribution >= 4 is 17.6 Å². The first-order valence-corrected chi connectivity index (χ1v) is 10.8. The van der Waals surface area contributed by atoms with E-state index in [1.807, 2.05) is 6.92 Å². The highest BCUT2D eigenvalue weighted by atomic mass is 32.2. The van der Waals surface area contributed by atoms with E-state index in [1.54, 1.807) is 37.4 Å². The predicted molar refractivity (Wildman–Crippen MR) is 122 cm³/mol. The number of nitriles is 2. The molecule has 0 fully saturated rings. The summed E-state index contributed by atoms with van der Waals surface area (Å²) in [6.07, 6.45) is 3.11. The summed E-state index contributed by atoms with van der Waals surface area (Å²) in [5, 5.41) is 19.9. The Morgan fingerprint density at radius 2 is 1.82 bits per heavy atom. The summed E-state index contributed by atoms with van der Waals surface area (Å²) in [6, 6.07) is 12.4. The van der Waals surface area contributed by atoms with Gasteiger partial charge in [-0.2, -0.15) is 10.5 Å². The van der Waals surface area contributed by atoms with Crippen molar-refractivity contribution in [3.8, 4) is 34.7 Å². The zero-order valence-electron chi connectivity index (χ0n) is 17.8. The second-order valence-corrected chi connectivity index (χ2v) is 8.20. The van der Waals surface area contributed by atoms with E-state index in [-0.39, 0.29) is 22.8 Å². The summed E-state index contributed by atoms with van der Waals surface area (Å²) in [6.45, 7) is 3.52. The lowest BCUT2D eigenvalue weighted by molar-refractivity contribution is 0.572. The van der Waals surface area contributed by atoms with Gasteiger partial charge in [-0.15, -0.1) is 0 Å². The van der Waals surface area contributed by atoms with Gasteiger partial charge in [-0.3, -0.25) is 4.98 Å². The molecule has 9 heteroatoms. The van der Waals surface area contributed by atoms with E-state index in [2.05, 4.69) is 27.1 Å². The number of rotatable bonds is 5. The van der Waals surface area contributed by atoms with Crippen molar-refractivity contribution in [3.05, 3.63) is 76.7 Å². The Kier molecular flexibility index (Phi) is 6.07. The summed E-state index contributed by atoms with van der Waals surface area (Å²) >= 11 is 1.26. The number of benzene rings is 1. The molecule has 1 aromatic carbocycles. The van der Waals surface area contributed by atoms with Gasteiger partial charge in [0.15, 0.2) is 0 Å². The van der Waals surface area contributed by atoms with Crippen molar-refractivity contribution in [1.82, 2.24) is 15.0 Å². The Balaban J connectivity index is 1.66. The Labute approximate surface area is 193 Å². The topological polar surface area (TPSA) is 125 Å². The van der Waals surface area contributed by atoms with Gasteiger partial charge in [0.25, 0.3) is 0 Å². The molecule has 0 atom stereocenters. The van der Waals surface area contributed by atoms with Crippen LogP contribution in [-0.2, 0) is 5.75 Å². The lowest BCUT2D eigenvalue weighted by atomic mass is 9.98. The highest BCUT2D eigenvalue weighted by Crippen LogP contribution is 2.36. The monoisotopic (exact) mass is 456 g/mol. The highest BCUT2D eigenvalue weighted by Gasteiger charge is 2.21.